The smallest absolute Gasteiger partial charge is 0.319 e. The number of thioether (sulfide) groups is 1. The molecule has 0 spiro atoms. The lowest BCUT2D eigenvalue weighted by Gasteiger charge is -2.21. The number of aromatic nitrogens is 3. The Morgan fingerprint density at radius 1 is 0.929 bits per heavy atom. The van der Waals surface area contributed by atoms with E-state index < -0.39 is 23.7 Å². The summed E-state index contributed by atoms with van der Waals surface area (Å²) in [5.41, 5.74) is 4.82. The fourth-order valence-electron chi connectivity index (χ4n) is 4.56. The third-order valence-corrected chi connectivity index (χ3v) is 7.84. The number of amides is 2. The van der Waals surface area contributed by atoms with E-state index in [9.17, 15) is 13.6 Å². The quantitative estimate of drug-likeness (QED) is 0.167. The van der Waals surface area contributed by atoms with Crippen LogP contribution in [0, 0.1) is 25.5 Å². The van der Waals surface area contributed by atoms with Crippen LogP contribution in [0.15, 0.2) is 96.2 Å². The zero-order valence-electron chi connectivity index (χ0n) is 22.9. The SMILES string of the molecule is Cc1cccc(CSc2nnc(C(Cc3ccccc3)NC(=O)Nc3ccc(F)cc3F)n2-c2cc(Cl)ccc2C)c1. The van der Waals surface area contributed by atoms with Gasteiger partial charge in [0.05, 0.1) is 17.4 Å². The van der Waals surface area contributed by atoms with Crippen molar-refractivity contribution < 1.29 is 13.6 Å². The minimum Gasteiger partial charge on any atom is -0.327 e. The molecule has 1 atom stereocenters. The molecule has 0 aliphatic rings. The molecule has 0 aliphatic heterocycles. The highest BCUT2D eigenvalue weighted by atomic mass is 35.5. The Bertz CT molecular complexity index is 1710. The maximum atomic E-state index is 14.3. The Kier molecular flexibility index (Phi) is 9.19. The molecular formula is C32H28ClF2N5OS. The van der Waals surface area contributed by atoms with Crippen molar-refractivity contribution in [2.75, 3.05) is 5.32 Å². The molecule has 10 heteroatoms. The monoisotopic (exact) mass is 603 g/mol. The lowest BCUT2D eigenvalue weighted by atomic mass is 10.0. The summed E-state index contributed by atoms with van der Waals surface area (Å²) in [7, 11) is 0. The summed E-state index contributed by atoms with van der Waals surface area (Å²) < 4.78 is 29.6. The molecule has 6 nitrogen and oxygen atoms in total. The van der Waals surface area contributed by atoms with Crippen LogP contribution in [0.25, 0.3) is 5.69 Å². The van der Waals surface area contributed by atoms with Crippen LogP contribution in [0.1, 0.15) is 34.1 Å². The number of benzene rings is 4. The number of aryl methyl sites for hydroxylation is 2. The summed E-state index contributed by atoms with van der Waals surface area (Å²) in [4.78, 5) is 13.2. The number of halogens is 3. The van der Waals surface area contributed by atoms with Gasteiger partial charge in [0.1, 0.15) is 11.6 Å². The molecule has 0 bridgehead atoms. The lowest BCUT2D eigenvalue weighted by molar-refractivity contribution is 0.247. The van der Waals surface area contributed by atoms with Crippen LogP contribution >= 0.6 is 23.4 Å². The maximum absolute atomic E-state index is 14.3. The van der Waals surface area contributed by atoms with Gasteiger partial charge in [-0.15, -0.1) is 10.2 Å². The van der Waals surface area contributed by atoms with Gasteiger partial charge in [0, 0.05) is 23.3 Å². The summed E-state index contributed by atoms with van der Waals surface area (Å²) in [6, 6.07) is 25.1. The Hall–Kier alpha value is -4.21. The van der Waals surface area contributed by atoms with E-state index in [1.54, 1.807) is 0 Å². The van der Waals surface area contributed by atoms with Crippen molar-refractivity contribution in [3.8, 4) is 5.69 Å². The summed E-state index contributed by atoms with van der Waals surface area (Å²) in [6.07, 6.45) is 0.375. The molecule has 1 aromatic heterocycles. The molecule has 5 rings (SSSR count). The molecule has 5 aromatic rings. The second kappa shape index (κ2) is 13.2. The standard InChI is InChI=1S/C32H28ClF2N5OS/c1-20-7-6-10-23(15-20)19-42-32-39-38-30(40(32)29-17-24(33)12-11-21(29)2)28(16-22-8-4-3-5-9-22)37-31(41)36-27-14-13-25(34)18-26(27)35/h3-15,17-18,28H,16,19H2,1-2H3,(H2,36,37,41). The van der Waals surface area contributed by atoms with Crippen molar-refractivity contribution in [1.29, 1.82) is 0 Å². The number of anilines is 1. The van der Waals surface area contributed by atoms with Crippen LogP contribution in [0.2, 0.25) is 5.02 Å². The van der Waals surface area contributed by atoms with Crippen molar-refractivity contribution >= 4 is 35.1 Å². The average Bonchev–Trinajstić information content (AvgIpc) is 3.39. The van der Waals surface area contributed by atoms with Gasteiger partial charge in [-0.2, -0.15) is 0 Å². The van der Waals surface area contributed by atoms with Crippen molar-refractivity contribution in [2.24, 2.45) is 0 Å². The van der Waals surface area contributed by atoms with Crippen molar-refractivity contribution in [3.05, 3.63) is 136 Å². The highest BCUT2D eigenvalue weighted by molar-refractivity contribution is 7.98. The highest BCUT2D eigenvalue weighted by Crippen LogP contribution is 2.32. The highest BCUT2D eigenvalue weighted by Gasteiger charge is 2.26. The number of nitrogens with one attached hydrogen (secondary N) is 2. The first kappa shape index (κ1) is 29.3. The molecule has 0 saturated heterocycles. The predicted octanol–water partition coefficient (Wildman–Crippen LogP) is 8.21. The maximum Gasteiger partial charge on any atom is 0.319 e. The van der Waals surface area contributed by atoms with Crippen LogP contribution in [-0.2, 0) is 12.2 Å². The fourth-order valence-corrected chi connectivity index (χ4v) is 5.63. The molecule has 214 valence electrons. The van der Waals surface area contributed by atoms with E-state index in [0.717, 1.165) is 34.0 Å². The first-order chi connectivity index (χ1) is 20.3. The Balaban J connectivity index is 1.53. The first-order valence-corrected chi connectivity index (χ1v) is 14.6. The van der Waals surface area contributed by atoms with E-state index in [2.05, 4.69) is 33.0 Å². The number of hydrogen-bond donors (Lipinski definition) is 2. The van der Waals surface area contributed by atoms with Gasteiger partial charge >= 0.3 is 6.03 Å². The van der Waals surface area contributed by atoms with Gasteiger partial charge in [-0.25, -0.2) is 13.6 Å². The zero-order valence-corrected chi connectivity index (χ0v) is 24.5. The Morgan fingerprint density at radius 2 is 1.71 bits per heavy atom. The molecule has 0 aliphatic carbocycles. The van der Waals surface area contributed by atoms with E-state index in [1.807, 2.05) is 79.1 Å². The van der Waals surface area contributed by atoms with Gasteiger partial charge < -0.3 is 10.6 Å². The third kappa shape index (κ3) is 7.16. The second-order valence-corrected chi connectivity index (χ2v) is 11.2. The van der Waals surface area contributed by atoms with Gasteiger partial charge in [0.15, 0.2) is 11.0 Å². The third-order valence-electron chi connectivity index (χ3n) is 6.60. The first-order valence-electron chi connectivity index (χ1n) is 13.2. The van der Waals surface area contributed by atoms with Gasteiger partial charge in [-0.1, -0.05) is 89.6 Å². The topological polar surface area (TPSA) is 71.8 Å². The van der Waals surface area contributed by atoms with E-state index in [1.165, 1.54) is 17.8 Å². The molecule has 42 heavy (non-hydrogen) atoms. The Morgan fingerprint density at radius 3 is 2.48 bits per heavy atom. The lowest BCUT2D eigenvalue weighted by Crippen LogP contribution is -2.35. The minimum absolute atomic E-state index is 0.145. The van der Waals surface area contributed by atoms with Gasteiger partial charge in [0.25, 0.3) is 0 Å². The summed E-state index contributed by atoms with van der Waals surface area (Å²) in [6.45, 7) is 4.01. The molecule has 1 heterocycles. The van der Waals surface area contributed by atoms with Crippen LogP contribution in [0.4, 0.5) is 19.3 Å². The van der Waals surface area contributed by atoms with Crippen LogP contribution in [-0.4, -0.2) is 20.8 Å². The number of hydrogen-bond acceptors (Lipinski definition) is 4. The van der Waals surface area contributed by atoms with Crippen molar-refractivity contribution in [1.82, 2.24) is 20.1 Å². The Labute approximate surface area is 252 Å². The minimum atomic E-state index is -0.877. The van der Waals surface area contributed by atoms with Gasteiger partial charge in [-0.3, -0.25) is 4.57 Å². The molecular weight excluding hydrogens is 576 g/mol. The summed E-state index contributed by atoms with van der Waals surface area (Å²) >= 11 is 7.96. The molecule has 2 amide bonds. The van der Waals surface area contributed by atoms with Crippen LogP contribution < -0.4 is 10.6 Å². The second-order valence-electron chi connectivity index (χ2n) is 9.85. The van der Waals surface area contributed by atoms with E-state index in [0.29, 0.717) is 34.2 Å². The average molecular weight is 604 g/mol. The summed E-state index contributed by atoms with van der Waals surface area (Å²) in [5, 5.41) is 15.7. The molecule has 1 unspecified atom stereocenters. The molecule has 0 saturated carbocycles. The van der Waals surface area contributed by atoms with Crippen LogP contribution in [0.3, 0.4) is 0 Å². The molecule has 0 radical (unpaired) electrons. The van der Waals surface area contributed by atoms with E-state index in [4.69, 9.17) is 11.6 Å². The molecule has 2 N–H and O–H groups in total. The van der Waals surface area contributed by atoms with Crippen LogP contribution in [0.5, 0.6) is 0 Å². The van der Waals surface area contributed by atoms with Gasteiger partial charge in [-0.05, 0) is 54.8 Å². The largest absolute Gasteiger partial charge is 0.327 e. The summed E-state index contributed by atoms with van der Waals surface area (Å²) in [5.74, 6) is -0.482. The number of rotatable bonds is 9. The van der Waals surface area contributed by atoms with Gasteiger partial charge in [0.2, 0.25) is 0 Å². The number of urea groups is 1. The van der Waals surface area contributed by atoms with E-state index >= 15 is 0 Å². The normalized spacial score (nSPS) is 11.7. The van der Waals surface area contributed by atoms with Crippen molar-refractivity contribution in [3.63, 3.8) is 0 Å². The number of nitrogens with zero attached hydrogens (tertiary/aromatic N) is 3. The molecule has 0 fully saturated rings. The number of carbonyl (C=O) groups excluding carboxylic acids is 1. The predicted molar refractivity (Wildman–Crippen MR) is 163 cm³/mol. The fraction of sp³-hybridized carbons (Fsp3) is 0.156. The zero-order chi connectivity index (χ0) is 29.6. The molecule has 4 aromatic carbocycles. The van der Waals surface area contributed by atoms with Crippen molar-refractivity contribution in [2.45, 2.75) is 37.2 Å². The van der Waals surface area contributed by atoms with E-state index in [-0.39, 0.29) is 5.69 Å². The number of carbonyl (C=O) groups is 1.